The van der Waals surface area contributed by atoms with E-state index in [1.54, 1.807) is 13.2 Å². The van der Waals surface area contributed by atoms with Gasteiger partial charge in [-0.25, -0.2) is 0 Å². The number of carbonyl (C=O) groups excluding carboxylic acids is 1. The number of rotatable bonds is 8. The summed E-state index contributed by atoms with van der Waals surface area (Å²) in [7, 11) is 4.21. The topological polar surface area (TPSA) is 65.4 Å². The van der Waals surface area contributed by atoms with Crippen molar-refractivity contribution in [1.82, 2.24) is 9.80 Å². The number of β-amino-alcohol motifs (C(OH)–C–C–N with tert-alkyl or cyclic N) is 1. The maximum atomic E-state index is 13.1. The molecule has 0 radical (unpaired) electrons. The molecule has 3 rings (SSSR count). The number of alkyl halides is 3. The van der Waals surface area contributed by atoms with Crippen LogP contribution in [-0.2, 0) is 15.7 Å². The number of amides is 1. The molecule has 190 valence electrons. The molecule has 1 aromatic rings. The van der Waals surface area contributed by atoms with Crippen LogP contribution in [0.1, 0.15) is 29.9 Å². The van der Waals surface area contributed by atoms with Crippen LogP contribution in [0.15, 0.2) is 41.5 Å². The van der Waals surface area contributed by atoms with Gasteiger partial charge in [0.15, 0.2) is 0 Å². The van der Waals surface area contributed by atoms with E-state index in [1.807, 2.05) is 7.05 Å². The third-order valence-electron chi connectivity index (χ3n) is 5.87. The van der Waals surface area contributed by atoms with Gasteiger partial charge in [-0.3, -0.25) is 9.79 Å². The molecule has 1 amide bonds. The van der Waals surface area contributed by atoms with Crippen LogP contribution >= 0.6 is 8.58 Å². The molecule has 10 heteroatoms. The molecule has 2 aliphatic rings. The zero-order valence-electron chi connectivity index (χ0n) is 20.0. The van der Waals surface area contributed by atoms with Crippen LogP contribution in [0, 0.1) is 5.92 Å². The number of likely N-dealkylation sites (tertiary alicyclic amines) is 2. The second-order valence-electron chi connectivity index (χ2n) is 8.74. The Labute approximate surface area is 201 Å². The summed E-state index contributed by atoms with van der Waals surface area (Å²) in [4.78, 5) is 18.2. The van der Waals surface area contributed by atoms with Crippen molar-refractivity contribution in [2.75, 3.05) is 53.6 Å². The van der Waals surface area contributed by atoms with Crippen LogP contribution in [0.4, 0.5) is 13.2 Å². The van der Waals surface area contributed by atoms with E-state index in [9.17, 15) is 18.0 Å². The van der Waals surface area contributed by atoms with Gasteiger partial charge in [-0.2, -0.15) is 13.2 Å². The third-order valence-corrected chi connectivity index (χ3v) is 6.91. The van der Waals surface area contributed by atoms with E-state index in [2.05, 4.69) is 18.1 Å². The lowest BCUT2D eigenvalue weighted by Crippen LogP contribution is -2.49. The summed E-state index contributed by atoms with van der Waals surface area (Å²) < 4.78 is 44.3. The van der Waals surface area contributed by atoms with Gasteiger partial charge in [0, 0.05) is 56.8 Å². The molecule has 0 saturated carbocycles. The molecule has 0 aromatic heterocycles. The summed E-state index contributed by atoms with van der Waals surface area (Å²) in [5, 5.41) is 8.55. The first-order valence-electron chi connectivity index (χ1n) is 11.2. The fourth-order valence-corrected chi connectivity index (χ4v) is 4.99. The minimum absolute atomic E-state index is 0.0600. The molecule has 3 unspecified atom stereocenters. The lowest BCUT2D eigenvalue weighted by atomic mass is 9.84. The average molecular weight is 502 g/mol. The highest BCUT2D eigenvalue weighted by atomic mass is 31.1. The van der Waals surface area contributed by atoms with Crippen molar-refractivity contribution in [3.05, 3.63) is 47.7 Å². The second kappa shape index (κ2) is 13.3. The van der Waals surface area contributed by atoms with E-state index in [-0.39, 0.29) is 17.9 Å². The molecule has 0 bridgehead atoms. The number of aliphatic imine (C=N–C) groups is 1. The number of halogens is 3. The van der Waals surface area contributed by atoms with Crippen LogP contribution < -0.4 is 0 Å². The zero-order chi connectivity index (χ0) is 25.3. The van der Waals surface area contributed by atoms with Gasteiger partial charge in [-0.15, -0.1) is 0 Å². The van der Waals surface area contributed by atoms with Gasteiger partial charge in [-0.05, 0) is 37.7 Å². The maximum Gasteiger partial charge on any atom is 0.416 e. The Morgan fingerprint density at radius 2 is 2.03 bits per heavy atom. The Morgan fingerprint density at radius 1 is 1.32 bits per heavy atom. The van der Waals surface area contributed by atoms with Crippen molar-refractivity contribution < 1.29 is 27.8 Å². The van der Waals surface area contributed by atoms with Crippen molar-refractivity contribution in [1.29, 1.82) is 0 Å². The molecule has 2 aliphatic heterocycles. The van der Waals surface area contributed by atoms with Gasteiger partial charge < -0.3 is 19.6 Å². The number of aliphatic hydroxyl groups is 1. The number of likely N-dealkylation sites (N-methyl/N-ethyl adjacent to an activating group) is 1. The van der Waals surface area contributed by atoms with Gasteiger partial charge in [-0.1, -0.05) is 33.4 Å². The molecular formula is C24H35F3N3O3P. The number of piperidine rings is 1. The number of aliphatic hydroxyl groups excluding tert-OH is 1. The van der Waals surface area contributed by atoms with Crippen LogP contribution in [0.25, 0.3) is 0 Å². The lowest BCUT2D eigenvalue weighted by molar-refractivity contribution is -0.137. The zero-order valence-corrected chi connectivity index (χ0v) is 21.0. The van der Waals surface area contributed by atoms with Crippen molar-refractivity contribution in [2.24, 2.45) is 10.9 Å². The fraction of sp³-hybridized carbons (Fsp3) is 0.583. The Bertz CT molecular complexity index is 844. The summed E-state index contributed by atoms with van der Waals surface area (Å²) in [5.74, 6) is 0.288. The monoisotopic (exact) mass is 501 g/mol. The van der Waals surface area contributed by atoms with E-state index in [1.165, 1.54) is 17.0 Å². The minimum Gasteiger partial charge on any atom is -0.389 e. The van der Waals surface area contributed by atoms with Crippen molar-refractivity contribution in [3.63, 3.8) is 0 Å². The number of methoxy groups -OCH3 is 1. The van der Waals surface area contributed by atoms with Crippen LogP contribution in [0.2, 0.25) is 0 Å². The highest BCUT2D eigenvalue weighted by Gasteiger charge is 2.33. The number of benzene rings is 1. The van der Waals surface area contributed by atoms with Crippen molar-refractivity contribution in [3.8, 4) is 0 Å². The van der Waals surface area contributed by atoms with Gasteiger partial charge >= 0.3 is 6.18 Å². The Kier molecular flexibility index (Phi) is 11.2. The first-order valence-corrected chi connectivity index (χ1v) is 12.7. The van der Waals surface area contributed by atoms with Crippen LogP contribution in [-0.4, -0.2) is 86.5 Å². The number of hydrogen-bond donors (Lipinski definition) is 1. The molecule has 0 spiro atoms. The van der Waals surface area contributed by atoms with E-state index < -0.39 is 11.7 Å². The number of ether oxygens (including phenoxy) is 1. The Hall–Kier alpha value is -1.80. The molecule has 3 atom stereocenters. The minimum atomic E-state index is -4.31. The van der Waals surface area contributed by atoms with Crippen molar-refractivity contribution in [2.45, 2.75) is 31.0 Å². The number of hydrogen-bond acceptors (Lipinski definition) is 5. The standard InChI is InChI=1S/C20H28F3N2OP.C4H7NO2/c1-14(8-9-26-3)24-19(27-4)17-10-16(12-25(2)13-17)15-6-5-7-18(11-15)20(21,22)23;6-3-5-1-4(7)2-5/h5-7,11,16-17,27H,1,8-10,12-13H2,2-4H3;3-4,7H,1-2H2. The lowest BCUT2D eigenvalue weighted by Gasteiger charge is -2.36. The van der Waals surface area contributed by atoms with E-state index in [0.29, 0.717) is 34.7 Å². The quantitative estimate of drug-likeness (QED) is 0.334. The van der Waals surface area contributed by atoms with Gasteiger partial charge in [0.2, 0.25) is 6.41 Å². The molecule has 1 N–H and O–H groups in total. The molecule has 0 aliphatic carbocycles. The molecule has 34 heavy (non-hydrogen) atoms. The van der Waals surface area contributed by atoms with Crippen molar-refractivity contribution >= 4 is 20.4 Å². The third kappa shape index (κ3) is 8.77. The van der Waals surface area contributed by atoms with E-state index >= 15 is 0 Å². The number of nitrogens with zero attached hydrogens (tertiary/aromatic N) is 3. The second-order valence-corrected chi connectivity index (χ2v) is 9.76. The van der Waals surface area contributed by atoms with E-state index in [4.69, 9.17) is 14.8 Å². The van der Waals surface area contributed by atoms with Crippen LogP contribution in [0.5, 0.6) is 0 Å². The average Bonchev–Trinajstić information content (AvgIpc) is 2.78. The predicted octanol–water partition coefficient (Wildman–Crippen LogP) is 3.82. The summed E-state index contributed by atoms with van der Waals surface area (Å²) in [6, 6.07) is 5.74. The molecule has 2 saturated heterocycles. The fourth-order valence-electron chi connectivity index (χ4n) is 4.10. The summed E-state index contributed by atoms with van der Waals surface area (Å²) >= 11 is 0. The normalized spacial score (nSPS) is 22.3. The first-order chi connectivity index (χ1) is 16.1. The largest absolute Gasteiger partial charge is 0.416 e. The molecule has 2 heterocycles. The smallest absolute Gasteiger partial charge is 0.389 e. The molecule has 1 aromatic carbocycles. The first kappa shape index (κ1) is 28.4. The summed E-state index contributed by atoms with van der Waals surface area (Å²) in [6.45, 7) is 9.34. The van der Waals surface area contributed by atoms with Gasteiger partial charge in [0.25, 0.3) is 0 Å². The molecular weight excluding hydrogens is 466 g/mol. The predicted molar refractivity (Wildman–Crippen MR) is 131 cm³/mol. The van der Waals surface area contributed by atoms with Gasteiger partial charge in [0.05, 0.1) is 18.3 Å². The summed E-state index contributed by atoms with van der Waals surface area (Å²) in [5.41, 5.74) is 2.06. The maximum absolute atomic E-state index is 13.1. The van der Waals surface area contributed by atoms with Crippen LogP contribution in [0.3, 0.4) is 0 Å². The molecule has 6 nitrogen and oxygen atoms in total. The Balaban J connectivity index is 0.000000497. The Morgan fingerprint density at radius 3 is 2.56 bits per heavy atom. The summed E-state index contributed by atoms with van der Waals surface area (Å²) in [6.07, 6.45) is -2.34. The SMILES string of the molecule is C=C(CCOC)N=C(PC)C1CC(c2cccc(C(F)(F)F)c2)CN(C)C1.O=CN1CC(O)C1. The van der Waals surface area contributed by atoms with Gasteiger partial charge in [0.1, 0.15) is 0 Å². The number of carbonyl (C=O) groups is 1. The van der Waals surface area contributed by atoms with E-state index in [0.717, 1.165) is 48.7 Å². The molecule has 2 fully saturated rings. The highest BCUT2D eigenvalue weighted by molar-refractivity contribution is 7.57. The highest BCUT2D eigenvalue weighted by Crippen LogP contribution is 2.36.